The summed E-state index contributed by atoms with van der Waals surface area (Å²) in [6, 6.07) is 0. The second kappa shape index (κ2) is 6.84. The zero-order valence-electron chi connectivity index (χ0n) is 18.2. The minimum atomic E-state index is -0.634. The minimum Gasteiger partial charge on any atom is -0.349 e. The van der Waals surface area contributed by atoms with Crippen LogP contribution in [0, 0.1) is 21.7 Å². The van der Waals surface area contributed by atoms with Gasteiger partial charge < -0.3 is 33.3 Å². The van der Waals surface area contributed by atoms with E-state index in [0.29, 0.717) is 6.61 Å². The molecule has 28 heavy (non-hydrogen) atoms. The van der Waals surface area contributed by atoms with Crippen molar-refractivity contribution in [2.75, 3.05) is 6.61 Å². The van der Waals surface area contributed by atoms with E-state index in [-0.39, 0.29) is 12.2 Å². The molecule has 3 aliphatic heterocycles. The lowest BCUT2D eigenvalue weighted by Gasteiger charge is -2.47. The number of fused-ring (bicyclic) bond motifs is 3. The summed E-state index contributed by atoms with van der Waals surface area (Å²) >= 11 is 0. The lowest BCUT2D eigenvalue weighted by atomic mass is 9.68. The van der Waals surface area contributed by atoms with Crippen molar-refractivity contribution in [1.82, 2.24) is 0 Å². The van der Waals surface area contributed by atoms with Crippen molar-refractivity contribution >= 4 is 12.6 Å². The topological polar surface area (TPSA) is 80.3 Å². The van der Waals surface area contributed by atoms with E-state index in [2.05, 4.69) is 0 Å². The van der Waals surface area contributed by atoms with Gasteiger partial charge in [-0.3, -0.25) is 0 Å². The summed E-state index contributed by atoms with van der Waals surface area (Å²) in [4.78, 5) is 23.2. The third-order valence-electron chi connectivity index (χ3n) is 7.59. The number of aldehydes is 2. The van der Waals surface area contributed by atoms with Crippen LogP contribution in [0.4, 0.5) is 0 Å². The standard InChI is InChI=1S/C21H34O7/c1-18(2,10-22)20(5,6)16-24-9-12-13(26-16)14-15(25-12)28-17(27-14)21(7,8)19(3,4)11-23/h10-17H,9H2,1-8H3. The van der Waals surface area contributed by atoms with Crippen LogP contribution in [0.1, 0.15) is 55.4 Å². The van der Waals surface area contributed by atoms with Crippen molar-refractivity contribution in [2.45, 2.75) is 92.6 Å². The fourth-order valence-corrected chi connectivity index (χ4v) is 3.53. The third kappa shape index (κ3) is 3.16. The lowest BCUT2D eigenvalue weighted by molar-refractivity contribution is -0.313. The molecule has 0 saturated carbocycles. The molecule has 6 unspecified atom stereocenters. The Kier molecular flexibility index (Phi) is 5.34. The van der Waals surface area contributed by atoms with Crippen molar-refractivity contribution in [3.05, 3.63) is 0 Å². The molecule has 7 heteroatoms. The molecule has 0 aromatic rings. The predicted molar refractivity (Wildman–Crippen MR) is 100 cm³/mol. The number of ether oxygens (including phenoxy) is 5. The van der Waals surface area contributed by atoms with Gasteiger partial charge in [-0.15, -0.1) is 0 Å². The first-order valence-corrected chi connectivity index (χ1v) is 9.94. The van der Waals surface area contributed by atoms with Crippen molar-refractivity contribution < 1.29 is 33.3 Å². The van der Waals surface area contributed by atoms with Gasteiger partial charge in [0.15, 0.2) is 18.9 Å². The van der Waals surface area contributed by atoms with Gasteiger partial charge in [-0.25, -0.2) is 0 Å². The smallest absolute Gasteiger partial charge is 0.190 e. The largest absolute Gasteiger partial charge is 0.349 e. The molecule has 0 aromatic heterocycles. The molecular formula is C21H34O7. The van der Waals surface area contributed by atoms with Gasteiger partial charge in [0.2, 0.25) is 0 Å². The highest BCUT2D eigenvalue weighted by Gasteiger charge is 2.61. The lowest BCUT2D eigenvalue weighted by Crippen LogP contribution is -2.55. The Morgan fingerprint density at radius 2 is 1.18 bits per heavy atom. The Morgan fingerprint density at radius 3 is 1.71 bits per heavy atom. The van der Waals surface area contributed by atoms with E-state index in [4.69, 9.17) is 23.7 Å². The maximum Gasteiger partial charge on any atom is 0.190 e. The number of hydrogen-bond donors (Lipinski definition) is 0. The summed E-state index contributed by atoms with van der Waals surface area (Å²) < 4.78 is 30.4. The first-order valence-electron chi connectivity index (χ1n) is 9.94. The Bertz CT molecular complexity index is 624. The van der Waals surface area contributed by atoms with Gasteiger partial charge in [0.25, 0.3) is 0 Å². The number of rotatable bonds is 6. The minimum absolute atomic E-state index is 0.287. The molecule has 0 aliphatic carbocycles. The van der Waals surface area contributed by atoms with Gasteiger partial charge >= 0.3 is 0 Å². The number of hydrogen-bond acceptors (Lipinski definition) is 7. The van der Waals surface area contributed by atoms with Gasteiger partial charge in [0.05, 0.1) is 6.61 Å². The van der Waals surface area contributed by atoms with Crippen LogP contribution < -0.4 is 0 Å². The summed E-state index contributed by atoms with van der Waals surface area (Å²) in [6.07, 6.45) is -0.900. The fourth-order valence-electron chi connectivity index (χ4n) is 3.53. The number of carbonyl (C=O) groups excluding carboxylic acids is 2. The van der Waals surface area contributed by atoms with Gasteiger partial charge in [0, 0.05) is 21.7 Å². The van der Waals surface area contributed by atoms with Crippen LogP contribution in [-0.2, 0) is 33.3 Å². The van der Waals surface area contributed by atoms with E-state index in [0.717, 1.165) is 12.6 Å². The predicted octanol–water partition coefficient (Wildman–Crippen LogP) is 2.70. The SMILES string of the molecule is CC(C)(C=O)C(C)(C)C1OCC2OC3OC(C(C)(C)C(C)(C)C=O)OC3C2O1. The van der Waals surface area contributed by atoms with E-state index in [1.807, 2.05) is 55.4 Å². The molecule has 160 valence electrons. The molecule has 0 radical (unpaired) electrons. The quantitative estimate of drug-likeness (QED) is 0.636. The monoisotopic (exact) mass is 398 g/mol. The summed E-state index contributed by atoms with van der Waals surface area (Å²) in [6.45, 7) is 15.7. The van der Waals surface area contributed by atoms with Gasteiger partial charge in [0.1, 0.15) is 30.9 Å². The molecule has 3 aliphatic rings. The average molecular weight is 398 g/mol. The van der Waals surface area contributed by atoms with Crippen LogP contribution in [0.2, 0.25) is 0 Å². The average Bonchev–Trinajstić information content (AvgIpc) is 3.19. The van der Waals surface area contributed by atoms with E-state index in [9.17, 15) is 9.59 Å². The summed E-state index contributed by atoms with van der Waals surface area (Å²) in [5, 5.41) is 0. The Morgan fingerprint density at radius 1 is 0.679 bits per heavy atom. The Balaban J connectivity index is 1.76. The highest BCUT2D eigenvalue weighted by Crippen LogP contribution is 2.50. The Hall–Kier alpha value is -0.860. The van der Waals surface area contributed by atoms with Crippen molar-refractivity contribution in [2.24, 2.45) is 21.7 Å². The zero-order chi connectivity index (χ0) is 21.1. The third-order valence-corrected chi connectivity index (χ3v) is 7.59. The Labute approximate surface area is 167 Å². The molecule has 3 fully saturated rings. The zero-order valence-corrected chi connectivity index (χ0v) is 18.2. The molecule has 0 bridgehead atoms. The van der Waals surface area contributed by atoms with Crippen LogP contribution in [0.3, 0.4) is 0 Å². The van der Waals surface area contributed by atoms with E-state index in [1.165, 1.54) is 0 Å². The van der Waals surface area contributed by atoms with Crippen LogP contribution in [0.15, 0.2) is 0 Å². The maximum atomic E-state index is 11.6. The van der Waals surface area contributed by atoms with E-state index in [1.54, 1.807) is 0 Å². The fraction of sp³-hybridized carbons (Fsp3) is 0.905. The van der Waals surface area contributed by atoms with Crippen LogP contribution >= 0.6 is 0 Å². The van der Waals surface area contributed by atoms with E-state index >= 15 is 0 Å². The highest BCUT2D eigenvalue weighted by molar-refractivity contribution is 5.60. The number of carbonyl (C=O) groups is 2. The van der Waals surface area contributed by atoms with Crippen molar-refractivity contribution in [1.29, 1.82) is 0 Å². The molecule has 0 amide bonds. The molecule has 7 nitrogen and oxygen atoms in total. The summed E-state index contributed by atoms with van der Waals surface area (Å²) in [5.74, 6) is 0. The molecule has 0 spiro atoms. The molecule has 0 aromatic carbocycles. The van der Waals surface area contributed by atoms with Crippen molar-refractivity contribution in [3.63, 3.8) is 0 Å². The van der Waals surface area contributed by atoms with E-state index < -0.39 is 46.6 Å². The molecule has 3 heterocycles. The van der Waals surface area contributed by atoms with Crippen molar-refractivity contribution in [3.8, 4) is 0 Å². The van der Waals surface area contributed by atoms with Gasteiger partial charge in [-0.05, 0) is 0 Å². The maximum absolute atomic E-state index is 11.6. The molecular weight excluding hydrogens is 364 g/mol. The normalized spacial score (nSPS) is 36.7. The molecule has 3 saturated heterocycles. The second-order valence-corrected chi connectivity index (χ2v) is 10.5. The summed E-state index contributed by atoms with van der Waals surface area (Å²) in [7, 11) is 0. The molecule has 6 atom stereocenters. The first kappa shape index (κ1) is 21.8. The molecule has 3 rings (SSSR count). The van der Waals surface area contributed by atoms with Crippen LogP contribution in [0.5, 0.6) is 0 Å². The highest BCUT2D eigenvalue weighted by atomic mass is 16.8. The van der Waals surface area contributed by atoms with Crippen LogP contribution in [-0.4, -0.2) is 56.4 Å². The molecule has 0 N–H and O–H groups in total. The first-order chi connectivity index (χ1) is 12.8. The second-order valence-electron chi connectivity index (χ2n) is 10.5. The van der Waals surface area contributed by atoms with Gasteiger partial charge in [-0.1, -0.05) is 55.4 Å². The van der Waals surface area contributed by atoms with Crippen LogP contribution in [0.25, 0.3) is 0 Å². The van der Waals surface area contributed by atoms with Gasteiger partial charge in [-0.2, -0.15) is 0 Å². The summed E-state index contributed by atoms with van der Waals surface area (Å²) in [5.41, 5.74) is -2.36.